The summed E-state index contributed by atoms with van der Waals surface area (Å²) in [4.78, 5) is 17.8. The van der Waals surface area contributed by atoms with Crippen LogP contribution in [0.1, 0.15) is 10.4 Å². The Kier molecular flexibility index (Phi) is 2.92. The summed E-state index contributed by atoms with van der Waals surface area (Å²) in [5, 5.41) is 0.954. The van der Waals surface area contributed by atoms with Gasteiger partial charge in [0.15, 0.2) is 0 Å². The molecule has 16 heavy (non-hydrogen) atoms. The van der Waals surface area contributed by atoms with Crippen LogP contribution in [0, 0.1) is 0 Å². The van der Waals surface area contributed by atoms with Crippen molar-refractivity contribution in [3.63, 3.8) is 0 Å². The fourth-order valence-corrected chi connectivity index (χ4v) is 2.00. The van der Waals surface area contributed by atoms with Crippen molar-refractivity contribution in [2.24, 2.45) is 0 Å². The first-order chi connectivity index (χ1) is 7.61. The molecule has 0 atom stereocenters. The Labute approximate surface area is 102 Å². The van der Waals surface area contributed by atoms with E-state index in [0.717, 1.165) is 15.4 Å². The lowest BCUT2D eigenvalue weighted by Gasteiger charge is -2.12. The third-order valence-electron chi connectivity index (χ3n) is 2.35. The third kappa shape index (κ3) is 1.80. The average molecular weight is 279 g/mol. The molecular weight excluding hydrogens is 268 g/mol. The first-order valence-electron chi connectivity index (χ1n) is 4.86. The van der Waals surface area contributed by atoms with Gasteiger partial charge in [0, 0.05) is 30.2 Å². The van der Waals surface area contributed by atoms with Gasteiger partial charge in [0.2, 0.25) is 0 Å². The molecule has 0 aliphatic rings. The third-order valence-corrected chi connectivity index (χ3v) is 3.04. The highest BCUT2D eigenvalue weighted by atomic mass is 79.9. The molecule has 1 amide bonds. The van der Waals surface area contributed by atoms with Gasteiger partial charge in [-0.15, -0.1) is 0 Å². The molecular formula is C12H11BrN2O. The minimum atomic E-state index is -0.0313. The molecule has 1 aromatic heterocycles. The second kappa shape index (κ2) is 4.22. The Morgan fingerprint density at radius 2 is 2.06 bits per heavy atom. The molecule has 1 heterocycles. The SMILES string of the molecule is CN(C)C(=O)c1ccc(Br)c2cccnc12. The first-order valence-corrected chi connectivity index (χ1v) is 5.65. The molecule has 4 heteroatoms. The zero-order valence-corrected chi connectivity index (χ0v) is 10.7. The lowest BCUT2D eigenvalue weighted by Crippen LogP contribution is -2.22. The van der Waals surface area contributed by atoms with Crippen LogP contribution in [0.5, 0.6) is 0 Å². The van der Waals surface area contributed by atoms with Crippen molar-refractivity contribution in [3.8, 4) is 0 Å². The molecule has 0 fully saturated rings. The van der Waals surface area contributed by atoms with E-state index in [9.17, 15) is 4.79 Å². The topological polar surface area (TPSA) is 33.2 Å². The Morgan fingerprint density at radius 3 is 2.75 bits per heavy atom. The number of nitrogens with zero attached hydrogens (tertiary/aromatic N) is 2. The fourth-order valence-electron chi connectivity index (χ4n) is 1.55. The van der Waals surface area contributed by atoms with E-state index in [1.807, 2.05) is 18.2 Å². The fraction of sp³-hybridized carbons (Fsp3) is 0.167. The number of carbonyl (C=O) groups excluding carboxylic acids is 1. The summed E-state index contributed by atoms with van der Waals surface area (Å²) in [5.41, 5.74) is 1.36. The van der Waals surface area contributed by atoms with Gasteiger partial charge in [0.1, 0.15) is 0 Å². The summed E-state index contributed by atoms with van der Waals surface area (Å²) in [6, 6.07) is 7.47. The van der Waals surface area contributed by atoms with E-state index in [-0.39, 0.29) is 5.91 Å². The molecule has 0 N–H and O–H groups in total. The van der Waals surface area contributed by atoms with E-state index < -0.39 is 0 Å². The smallest absolute Gasteiger partial charge is 0.255 e. The standard InChI is InChI=1S/C12H11BrN2O/c1-15(2)12(16)9-5-6-10(13)8-4-3-7-14-11(8)9/h3-7H,1-2H3. The van der Waals surface area contributed by atoms with Gasteiger partial charge in [0.05, 0.1) is 11.1 Å². The Bertz CT molecular complexity index is 552. The van der Waals surface area contributed by atoms with Crippen LogP contribution in [0.15, 0.2) is 34.9 Å². The van der Waals surface area contributed by atoms with Crippen LogP contribution < -0.4 is 0 Å². The average Bonchev–Trinajstić information content (AvgIpc) is 2.29. The summed E-state index contributed by atoms with van der Waals surface area (Å²) < 4.78 is 0.950. The van der Waals surface area contributed by atoms with E-state index in [0.29, 0.717) is 5.56 Å². The second-order valence-corrected chi connectivity index (χ2v) is 4.55. The van der Waals surface area contributed by atoms with Gasteiger partial charge >= 0.3 is 0 Å². The van der Waals surface area contributed by atoms with E-state index in [1.54, 1.807) is 31.3 Å². The zero-order chi connectivity index (χ0) is 11.7. The van der Waals surface area contributed by atoms with E-state index in [1.165, 1.54) is 0 Å². The van der Waals surface area contributed by atoms with Gasteiger partial charge in [-0.25, -0.2) is 0 Å². The van der Waals surface area contributed by atoms with E-state index in [4.69, 9.17) is 0 Å². The minimum Gasteiger partial charge on any atom is -0.345 e. The number of halogens is 1. The van der Waals surface area contributed by atoms with Gasteiger partial charge < -0.3 is 4.90 Å². The highest BCUT2D eigenvalue weighted by Gasteiger charge is 2.13. The molecule has 1 aromatic carbocycles. The minimum absolute atomic E-state index is 0.0313. The molecule has 0 saturated heterocycles. The second-order valence-electron chi connectivity index (χ2n) is 3.69. The number of fused-ring (bicyclic) bond motifs is 1. The van der Waals surface area contributed by atoms with Gasteiger partial charge in [-0.05, 0) is 18.2 Å². The van der Waals surface area contributed by atoms with Gasteiger partial charge in [0.25, 0.3) is 5.91 Å². The predicted molar refractivity (Wildman–Crippen MR) is 67.5 cm³/mol. The number of pyridine rings is 1. The Hall–Kier alpha value is -1.42. The first kappa shape index (κ1) is 11.1. The van der Waals surface area contributed by atoms with Gasteiger partial charge in [-0.2, -0.15) is 0 Å². The van der Waals surface area contributed by atoms with Crippen molar-refractivity contribution < 1.29 is 4.79 Å². The molecule has 0 aliphatic heterocycles. The summed E-state index contributed by atoms with van der Waals surface area (Å²) in [6.45, 7) is 0. The maximum atomic E-state index is 11.9. The molecule has 2 rings (SSSR count). The summed E-state index contributed by atoms with van der Waals surface area (Å²) in [7, 11) is 3.47. The lowest BCUT2D eigenvalue weighted by atomic mass is 10.1. The normalized spacial score (nSPS) is 10.4. The molecule has 0 radical (unpaired) electrons. The summed E-state index contributed by atoms with van der Waals surface area (Å²) in [6.07, 6.45) is 1.70. The van der Waals surface area contributed by atoms with Crippen LogP contribution in [-0.4, -0.2) is 29.9 Å². The number of amides is 1. The van der Waals surface area contributed by atoms with Crippen LogP contribution in [0.3, 0.4) is 0 Å². The molecule has 0 spiro atoms. The monoisotopic (exact) mass is 278 g/mol. The number of carbonyl (C=O) groups is 1. The lowest BCUT2D eigenvalue weighted by molar-refractivity contribution is 0.0829. The summed E-state index contributed by atoms with van der Waals surface area (Å²) in [5.74, 6) is -0.0313. The quantitative estimate of drug-likeness (QED) is 0.804. The molecule has 0 unspecified atom stereocenters. The molecule has 2 aromatic rings. The van der Waals surface area contributed by atoms with Crippen molar-refractivity contribution in [1.82, 2.24) is 9.88 Å². The van der Waals surface area contributed by atoms with E-state index >= 15 is 0 Å². The number of benzene rings is 1. The molecule has 0 bridgehead atoms. The molecule has 82 valence electrons. The van der Waals surface area contributed by atoms with Crippen molar-refractivity contribution in [2.45, 2.75) is 0 Å². The maximum Gasteiger partial charge on any atom is 0.255 e. The van der Waals surface area contributed by atoms with Gasteiger partial charge in [-0.1, -0.05) is 22.0 Å². The number of hydrogen-bond donors (Lipinski definition) is 0. The molecule has 3 nitrogen and oxygen atoms in total. The van der Waals surface area contributed by atoms with Crippen LogP contribution in [-0.2, 0) is 0 Å². The van der Waals surface area contributed by atoms with Crippen LogP contribution >= 0.6 is 15.9 Å². The van der Waals surface area contributed by atoms with Crippen LogP contribution in [0.4, 0.5) is 0 Å². The van der Waals surface area contributed by atoms with Crippen molar-refractivity contribution in [3.05, 3.63) is 40.5 Å². The molecule has 0 aliphatic carbocycles. The number of aromatic nitrogens is 1. The van der Waals surface area contributed by atoms with Crippen LogP contribution in [0.25, 0.3) is 10.9 Å². The highest BCUT2D eigenvalue weighted by Crippen LogP contribution is 2.25. The van der Waals surface area contributed by atoms with Crippen LogP contribution in [0.2, 0.25) is 0 Å². The zero-order valence-electron chi connectivity index (χ0n) is 9.07. The Morgan fingerprint density at radius 1 is 1.31 bits per heavy atom. The predicted octanol–water partition coefficient (Wildman–Crippen LogP) is 2.70. The largest absolute Gasteiger partial charge is 0.345 e. The van der Waals surface area contributed by atoms with E-state index in [2.05, 4.69) is 20.9 Å². The highest BCUT2D eigenvalue weighted by molar-refractivity contribution is 9.10. The number of hydrogen-bond acceptors (Lipinski definition) is 2. The Balaban J connectivity index is 2.72. The summed E-state index contributed by atoms with van der Waals surface area (Å²) >= 11 is 3.45. The maximum absolute atomic E-state index is 11.9. The van der Waals surface area contributed by atoms with Crippen molar-refractivity contribution >= 4 is 32.7 Å². The number of rotatable bonds is 1. The van der Waals surface area contributed by atoms with Gasteiger partial charge in [-0.3, -0.25) is 9.78 Å². The van der Waals surface area contributed by atoms with Crippen molar-refractivity contribution in [2.75, 3.05) is 14.1 Å². The van der Waals surface area contributed by atoms with Crippen molar-refractivity contribution in [1.29, 1.82) is 0 Å². The molecule has 0 saturated carbocycles.